The van der Waals surface area contributed by atoms with E-state index in [4.69, 9.17) is 0 Å². The van der Waals surface area contributed by atoms with E-state index in [-0.39, 0.29) is 42.5 Å². The van der Waals surface area contributed by atoms with E-state index in [2.05, 4.69) is 34.9 Å². The third kappa shape index (κ3) is 6.61. The summed E-state index contributed by atoms with van der Waals surface area (Å²) in [6, 6.07) is 26.5. The van der Waals surface area contributed by atoms with Gasteiger partial charge in [-0.2, -0.15) is 0 Å². The molecule has 0 unspecified atom stereocenters. The molecule has 0 saturated carbocycles. The van der Waals surface area contributed by atoms with Crippen molar-refractivity contribution < 1.29 is 19.2 Å². The number of rotatable bonds is 8. The number of halogens is 1. The molecule has 0 radical (unpaired) electrons. The Balaban J connectivity index is 0.00000423. The minimum atomic E-state index is -0.978. The molecule has 0 saturated heterocycles. The molecule has 9 heteroatoms. The Labute approximate surface area is 257 Å². The summed E-state index contributed by atoms with van der Waals surface area (Å²) in [6.07, 6.45) is 0.579. The van der Waals surface area contributed by atoms with Gasteiger partial charge in [-0.25, -0.2) is 0 Å². The van der Waals surface area contributed by atoms with Crippen molar-refractivity contribution in [2.75, 3.05) is 29.9 Å². The SMILES string of the molecule is CN[C@@H](C)C(=O)N[C@H]1CN(C(=O)c2ccc(C(C)=O)cc2)c2ccccc2N(CCc2cccc3ccccc23)C1=O.Cl. The van der Waals surface area contributed by atoms with Crippen LogP contribution in [0, 0.1) is 0 Å². The van der Waals surface area contributed by atoms with Crippen LogP contribution in [0.1, 0.15) is 40.1 Å². The standard InChI is InChI=1S/C34H34N4O4.ClH/c1-22(35-3)32(40)36-29-21-38(33(41)27-17-15-24(16-18-27)23(2)39)31-14-7-6-13-30(31)37(34(29)42)20-19-26-11-8-10-25-9-4-5-12-28(25)26;/h4-18,22,29,35H,19-21H2,1-3H3,(H,36,40);1H/t22-,29-;/m0./s1. The minimum absolute atomic E-state index is 0. The minimum Gasteiger partial charge on any atom is -0.341 e. The van der Waals surface area contributed by atoms with Gasteiger partial charge in [-0.05, 0) is 67.9 Å². The molecule has 0 bridgehead atoms. The van der Waals surface area contributed by atoms with Crippen molar-refractivity contribution in [3.8, 4) is 0 Å². The first-order valence-corrected chi connectivity index (χ1v) is 14.1. The zero-order valence-corrected chi connectivity index (χ0v) is 25.2. The van der Waals surface area contributed by atoms with Gasteiger partial charge in [0.15, 0.2) is 5.78 Å². The molecule has 4 aromatic rings. The number of likely N-dealkylation sites (N-methyl/N-ethyl adjacent to an activating group) is 1. The van der Waals surface area contributed by atoms with E-state index < -0.39 is 12.1 Å². The molecule has 1 aliphatic heterocycles. The highest BCUT2D eigenvalue weighted by Crippen LogP contribution is 2.34. The number of anilines is 2. The van der Waals surface area contributed by atoms with Crippen LogP contribution in [0.4, 0.5) is 11.4 Å². The van der Waals surface area contributed by atoms with E-state index in [1.165, 1.54) is 6.92 Å². The van der Waals surface area contributed by atoms with Crippen LogP contribution in [-0.2, 0) is 16.0 Å². The summed E-state index contributed by atoms with van der Waals surface area (Å²) in [5, 5.41) is 8.03. The number of amides is 3. The first-order valence-electron chi connectivity index (χ1n) is 14.1. The van der Waals surface area contributed by atoms with Crippen LogP contribution in [0.15, 0.2) is 91.0 Å². The van der Waals surface area contributed by atoms with Gasteiger partial charge >= 0.3 is 0 Å². The summed E-state index contributed by atoms with van der Waals surface area (Å²) in [4.78, 5) is 56.1. The predicted octanol–water partition coefficient (Wildman–Crippen LogP) is 4.79. The second-order valence-electron chi connectivity index (χ2n) is 10.5. The molecule has 1 heterocycles. The van der Waals surface area contributed by atoms with Gasteiger partial charge in [0.2, 0.25) is 5.91 Å². The smallest absolute Gasteiger partial charge is 0.258 e. The molecule has 2 atom stereocenters. The Morgan fingerprint density at radius 3 is 2.19 bits per heavy atom. The van der Waals surface area contributed by atoms with Gasteiger partial charge in [0, 0.05) is 17.7 Å². The lowest BCUT2D eigenvalue weighted by molar-refractivity contribution is -0.128. The topological polar surface area (TPSA) is 98.8 Å². The molecule has 1 aliphatic rings. The van der Waals surface area contributed by atoms with Gasteiger partial charge in [-0.1, -0.05) is 66.7 Å². The molecule has 4 aromatic carbocycles. The Hall–Kier alpha value is -4.53. The molecule has 5 rings (SSSR count). The number of nitrogens with zero attached hydrogens (tertiary/aromatic N) is 2. The second-order valence-corrected chi connectivity index (χ2v) is 10.5. The highest BCUT2D eigenvalue weighted by molar-refractivity contribution is 6.13. The van der Waals surface area contributed by atoms with Gasteiger partial charge in [-0.3, -0.25) is 19.2 Å². The summed E-state index contributed by atoms with van der Waals surface area (Å²) in [6.45, 7) is 3.49. The molecule has 2 N–H and O–H groups in total. The second kappa shape index (κ2) is 13.6. The Morgan fingerprint density at radius 2 is 1.49 bits per heavy atom. The highest BCUT2D eigenvalue weighted by atomic mass is 35.5. The fraction of sp³-hybridized carbons (Fsp3) is 0.235. The normalized spacial score (nSPS) is 15.2. The average Bonchev–Trinajstić information content (AvgIpc) is 3.13. The van der Waals surface area contributed by atoms with E-state index in [0.29, 0.717) is 35.5 Å². The first-order chi connectivity index (χ1) is 20.3. The van der Waals surface area contributed by atoms with Crippen LogP contribution in [0.5, 0.6) is 0 Å². The van der Waals surface area contributed by atoms with Crippen molar-refractivity contribution in [2.24, 2.45) is 0 Å². The fourth-order valence-electron chi connectivity index (χ4n) is 5.29. The van der Waals surface area contributed by atoms with Crippen LogP contribution in [0.3, 0.4) is 0 Å². The lowest BCUT2D eigenvalue weighted by atomic mass is 10.0. The Bertz CT molecular complexity index is 1650. The van der Waals surface area contributed by atoms with Crippen molar-refractivity contribution in [1.29, 1.82) is 0 Å². The summed E-state index contributed by atoms with van der Waals surface area (Å²) in [7, 11) is 1.67. The summed E-state index contributed by atoms with van der Waals surface area (Å²) in [5.41, 5.74) is 3.15. The third-order valence-corrected chi connectivity index (χ3v) is 7.80. The Kier molecular flexibility index (Phi) is 9.95. The number of carbonyl (C=O) groups excluding carboxylic acids is 4. The quantitative estimate of drug-likeness (QED) is 0.284. The number of fused-ring (bicyclic) bond motifs is 2. The number of carbonyl (C=O) groups is 4. The van der Waals surface area contributed by atoms with Crippen LogP contribution in [0.25, 0.3) is 10.8 Å². The molecule has 0 spiro atoms. The van der Waals surface area contributed by atoms with Gasteiger partial charge in [0.05, 0.1) is 24.0 Å². The zero-order chi connectivity index (χ0) is 29.8. The number of nitrogens with one attached hydrogen (secondary N) is 2. The number of Topliss-reactive ketones (excluding diaryl/α,β-unsaturated/α-hetero) is 1. The van der Waals surface area contributed by atoms with Crippen molar-refractivity contribution in [2.45, 2.75) is 32.4 Å². The van der Waals surface area contributed by atoms with Crippen molar-refractivity contribution in [3.63, 3.8) is 0 Å². The zero-order valence-electron chi connectivity index (χ0n) is 24.4. The molecule has 0 fully saturated rings. The van der Waals surface area contributed by atoms with E-state index >= 15 is 0 Å². The van der Waals surface area contributed by atoms with Crippen LogP contribution < -0.4 is 20.4 Å². The number of para-hydroxylation sites is 2. The van der Waals surface area contributed by atoms with Crippen molar-refractivity contribution >= 4 is 58.1 Å². The molecule has 0 aromatic heterocycles. The number of ketones is 1. The third-order valence-electron chi connectivity index (χ3n) is 7.80. The molecular formula is C34H35ClN4O4. The van der Waals surface area contributed by atoms with E-state index in [9.17, 15) is 19.2 Å². The number of hydrogen-bond donors (Lipinski definition) is 2. The van der Waals surface area contributed by atoms with Gasteiger partial charge in [0.1, 0.15) is 6.04 Å². The number of benzene rings is 4. The van der Waals surface area contributed by atoms with E-state index in [0.717, 1.165) is 16.3 Å². The molecular weight excluding hydrogens is 564 g/mol. The van der Waals surface area contributed by atoms with Crippen molar-refractivity contribution in [1.82, 2.24) is 10.6 Å². The van der Waals surface area contributed by atoms with Crippen LogP contribution in [-0.4, -0.2) is 55.7 Å². The summed E-state index contributed by atoms with van der Waals surface area (Å²) < 4.78 is 0. The van der Waals surface area contributed by atoms with E-state index in [1.807, 2.05) is 42.5 Å². The molecule has 8 nitrogen and oxygen atoms in total. The number of hydrogen-bond acceptors (Lipinski definition) is 5. The van der Waals surface area contributed by atoms with Gasteiger partial charge in [-0.15, -0.1) is 12.4 Å². The molecule has 43 heavy (non-hydrogen) atoms. The van der Waals surface area contributed by atoms with Crippen LogP contribution in [0.2, 0.25) is 0 Å². The average molecular weight is 599 g/mol. The maximum Gasteiger partial charge on any atom is 0.258 e. The lowest BCUT2D eigenvalue weighted by Gasteiger charge is -2.26. The molecule has 3 amide bonds. The molecule has 222 valence electrons. The molecule has 0 aliphatic carbocycles. The predicted molar refractivity (Wildman–Crippen MR) is 172 cm³/mol. The van der Waals surface area contributed by atoms with Gasteiger partial charge in [0.25, 0.3) is 11.8 Å². The first kappa shape index (κ1) is 31.4. The fourth-order valence-corrected chi connectivity index (χ4v) is 5.29. The largest absolute Gasteiger partial charge is 0.341 e. The van der Waals surface area contributed by atoms with Crippen molar-refractivity contribution in [3.05, 3.63) is 108 Å². The van der Waals surface area contributed by atoms with E-state index in [1.54, 1.807) is 48.0 Å². The summed E-state index contributed by atoms with van der Waals surface area (Å²) >= 11 is 0. The monoisotopic (exact) mass is 598 g/mol. The van der Waals surface area contributed by atoms with Gasteiger partial charge < -0.3 is 20.4 Å². The lowest BCUT2D eigenvalue weighted by Crippen LogP contribution is -2.56. The maximum absolute atomic E-state index is 14.2. The summed E-state index contributed by atoms with van der Waals surface area (Å²) in [5.74, 6) is -1.05. The van der Waals surface area contributed by atoms with Crippen LogP contribution >= 0.6 is 12.4 Å². The highest BCUT2D eigenvalue weighted by Gasteiger charge is 2.37. The Morgan fingerprint density at radius 1 is 0.860 bits per heavy atom. The maximum atomic E-state index is 14.2.